The number of benzene rings is 1. The van der Waals surface area contributed by atoms with Crippen LogP contribution in [0.15, 0.2) is 34.8 Å². The normalized spacial score (nSPS) is 10.9. The number of nitrogens with zero attached hydrogens (tertiary/aromatic N) is 2. The summed E-state index contributed by atoms with van der Waals surface area (Å²) < 4.78 is 6.35. The zero-order valence-corrected chi connectivity index (χ0v) is 12.3. The van der Waals surface area contributed by atoms with E-state index in [1.165, 1.54) is 0 Å². The van der Waals surface area contributed by atoms with Crippen LogP contribution in [-0.4, -0.2) is 22.3 Å². The van der Waals surface area contributed by atoms with Gasteiger partial charge in [0.05, 0.1) is 12.8 Å². The summed E-state index contributed by atoms with van der Waals surface area (Å²) in [6.07, 6.45) is 0. The lowest BCUT2D eigenvalue weighted by atomic mass is 10.1. The minimum Gasteiger partial charge on any atom is -0.496 e. The van der Waals surface area contributed by atoms with Gasteiger partial charge in [-0.2, -0.15) is 5.10 Å². The molecule has 4 nitrogen and oxygen atoms in total. The number of aromatic nitrogens is 3. The van der Waals surface area contributed by atoms with Crippen molar-refractivity contribution in [3.63, 3.8) is 0 Å². The maximum Gasteiger partial charge on any atom is 0.182 e. The van der Waals surface area contributed by atoms with Gasteiger partial charge in [0.2, 0.25) is 0 Å². The zero-order valence-electron chi connectivity index (χ0n) is 9.95. The first-order chi connectivity index (χ1) is 9.19. The van der Waals surface area contributed by atoms with E-state index < -0.39 is 0 Å². The number of aromatic amines is 1. The maximum absolute atomic E-state index is 5.86. The lowest BCUT2D eigenvalue weighted by Crippen LogP contribution is -1.88. The fourth-order valence-electron chi connectivity index (χ4n) is 1.96. The molecule has 19 heavy (non-hydrogen) atoms. The number of hydrogen-bond donors (Lipinski definition) is 1. The van der Waals surface area contributed by atoms with Crippen molar-refractivity contribution >= 4 is 38.6 Å². The number of pyridine rings is 1. The van der Waals surface area contributed by atoms with E-state index in [2.05, 4.69) is 31.1 Å². The summed E-state index contributed by atoms with van der Waals surface area (Å²) in [5.41, 5.74) is 2.37. The van der Waals surface area contributed by atoms with E-state index in [-0.39, 0.29) is 0 Å². The Hall–Kier alpha value is -1.59. The molecule has 0 bridgehead atoms. The molecule has 0 radical (unpaired) electrons. The van der Waals surface area contributed by atoms with Gasteiger partial charge in [0.25, 0.3) is 0 Å². The predicted octanol–water partition coefficient (Wildman–Crippen LogP) is 4.05. The molecule has 2 aromatic heterocycles. The molecule has 2 heterocycles. The number of methoxy groups -OCH3 is 1. The minimum atomic E-state index is 0.423. The second-order valence-electron chi connectivity index (χ2n) is 3.95. The molecule has 0 aliphatic heterocycles. The van der Waals surface area contributed by atoms with Gasteiger partial charge in [-0.1, -0.05) is 27.5 Å². The average Bonchev–Trinajstić information content (AvgIpc) is 2.81. The van der Waals surface area contributed by atoms with Gasteiger partial charge in [-0.15, -0.1) is 0 Å². The van der Waals surface area contributed by atoms with Crippen LogP contribution in [-0.2, 0) is 0 Å². The molecule has 0 amide bonds. The highest BCUT2D eigenvalue weighted by Crippen LogP contribution is 2.35. The molecule has 1 aromatic carbocycles. The first kappa shape index (κ1) is 12.4. The molecule has 1 N–H and O–H groups in total. The van der Waals surface area contributed by atoms with Crippen LogP contribution in [0.1, 0.15) is 0 Å². The Kier molecular flexibility index (Phi) is 3.16. The van der Waals surface area contributed by atoms with Crippen molar-refractivity contribution in [1.29, 1.82) is 0 Å². The zero-order chi connectivity index (χ0) is 13.4. The van der Waals surface area contributed by atoms with Crippen molar-refractivity contribution in [3.8, 4) is 17.0 Å². The van der Waals surface area contributed by atoms with E-state index in [0.29, 0.717) is 10.8 Å². The van der Waals surface area contributed by atoms with Crippen LogP contribution in [0.3, 0.4) is 0 Å². The van der Waals surface area contributed by atoms with Gasteiger partial charge in [0, 0.05) is 15.4 Å². The van der Waals surface area contributed by atoms with E-state index >= 15 is 0 Å². The fourth-order valence-corrected chi connectivity index (χ4v) is 2.46. The van der Waals surface area contributed by atoms with Crippen molar-refractivity contribution in [3.05, 3.63) is 40.0 Å². The van der Waals surface area contributed by atoms with Gasteiger partial charge in [0.15, 0.2) is 5.65 Å². The number of nitrogens with one attached hydrogen (secondary N) is 1. The summed E-state index contributed by atoms with van der Waals surface area (Å²) in [4.78, 5) is 4.17. The van der Waals surface area contributed by atoms with Crippen LogP contribution in [0.5, 0.6) is 5.75 Å². The maximum atomic E-state index is 5.86. The number of H-pyrrole nitrogens is 1. The standard InChI is InChI=1S/C13H9BrClN3O/c1-19-10-4-2-7(14)6-9(10)12-8-3-5-11(15)16-13(8)18-17-12/h2-6H,1H3,(H,16,17,18). The van der Waals surface area contributed by atoms with Gasteiger partial charge < -0.3 is 4.74 Å². The van der Waals surface area contributed by atoms with E-state index in [1.54, 1.807) is 13.2 Å². The Balaban J connectivity index is 2.27. The van der Waals surface area contributed by atoms with E-state index in [1.807, 2.05) is 24.3 Å². The Morgan fingerprint density at radius 3 is 2.89 bits per heavy atom. The Bertz CT molecular complexity index is 757. The van der Waals surface area contributed by atoms with Crippen molar-refractivity contribution in [2.24, 2.45) is 0 Å². The second-order valence-corrected chi connectivity index (χ2v) is 5.25. The van der Waals surface area contributed by atoms with Crippen LogP contribution >= 0.6 is 27.5 Å². The molecule has 0 saturated carbocycles. The summed E-state index contributed by atoms with van der Waals surface area (Å²) in [5.74, 6) is 0.767. The lowest BCUT2D eigenvalue weighted by Gasteiger charge is -2.07. The van der Waals surface area contributed by atoms with E-state index in [4.69, 9.17) is 16.3 Å². The third-order valence-electron chi connectivity index (χ3n) is 2.81. The number of rotatable bonds is 2. The monoisotopic (exact) mass is 337 g/mol. The molecule has 3 rings (SSSR count). The lowest BCUT2D eigenvalue weighted by molar-refractivity contribution is 0.416. The van der Waals surface area contributed by atoms with Gasteiger partial charge in [-0.05, 0) is 30.3 Å². The smallest absolute Gasteiger partial charge is 0.182 e. The highest BCUT2D eigenvalue weighted by Gasteiger charge is 2.13. The van der Waals surface area contributed by atoms with Crippen molar-refractivity contribution < 1.29 is 4.74 Å². The van der Waals surface area contributed by atoms with Crippen LogP contribution in [0.25, 0.3) is 22.3 Å². The average molecular weight is 339 g/mol. The molecule has 6 heteroatoms. The second kappa shape index (κ2) is 4.83. The Labute approximate surface area is 122 Å². The molecule has 0 unspecified atom stereocenters. The Morgan fingerprint density at radius 1 is 1.26 bits per heavy atom. The summed E-state index contributed by atoms with van der Waals surface area (Å²) in [6, 6.07) is 9.43. The Morgan fingerprint density at radius 2 is 2.11 bits per heavy atom. The first-order valence-electron chi connectivity index (χ1n) is 5.53. The summed E-state index contributed by atoms with van der Waals surface area (Å²) in [7, 11) is 1.64. The van der Waals surface area contributed by atoms with Gasteiger partial charge in [0.1, 0.15) is 10.9 Å². The highest BCUT2D eigenvalue weighted by atomic mass is 79.9. The van der Waals surface area contributed by atoms with Crippen molar-refractivity contribution in [1.82, 2.24) is 15.2 Å². The summed E-state index contributed by atoms with van der Waals surface area (Å²) >= 11 is 9.32. The molecule has 0 atom stereocenters. The topological polar surface area (TPSA) is 50.8 Å². The third-order valence-corrected chi connectivity index (χ3v) is 3.52. The number of ether oxygens (including phenoxy) is 1. The molecule has 0 fully saturated rings. The molecular weight excluding hydrogens is 330 g/mol. The van der Waals surface area contributed by atoms with Crippen LogP contribution in [0, 0.1) is 0 Å². The molecule has 0 aliphatic carbocycles. The molecular formula is C13H9BrClN3O. The fraction of sp³-hybridized carbons (Fsp3) is 0.0769. The first-order valence-corrected chi connectivity index (χ1v) is 6.70. The van der Waals surface area contributed by atoms with Crippen LogP contribution in [0.2, 0.25) is 5.15 Å². The van der Waals surface area contributed by atoms with Crippen LogP contribution < -0.4 is 4.74 Å². The molecule has 0 spiro atoms. The minimum absolute atomic E-state index is 0.423. The number of fused-ring (bicyclic) bond motifs is 1. The quantitative estimate of drug-likeness (QED) is 0.717. The van der Waals surface area contributed by atoms with E-state index in [9.17, 15) is 0 Å². The van der Waals surface area contributed by atoms with Crippen LogP contribution in [0.4, 0.5) is 0 Å². The van der Waals surface area contributed by atoms with Gasteiger partial charge in [-0.25, -0.2) is 4.98 Å². The van der Waals surface area contributed by atoms with Gasteiger partial charge in [-0.3, -0.25) is 5.10 Å². The van der Waals surface area contributed by atoms with Gasteiger partial charge >= 0.3 is 0 Å². The van der Waals surface area contributed by atoms with Crippen molar-refractivity contribution in [2.75, 3.05) is 7.11 Å². The summed E-state index contributed by atoms with van der Waals surface area (Å²) in [5, 5.41) is 8.48. The van der Waals surface area contributed by atoms with Crippen molar-refractivity contribution in [2.45, 2.75) is 0 Å². The summed E-state index contributed by atoms with van der Waals surface area (Å²) in [6.45, 7) is 0. The predicted molar refractivity (Wildman–Crippen MR) is 78.6 cm³/mol. The number of hydrogen-bond acceptors (Lipinski definition) is 3. The highest BCUT2D eigenvalue weighted by molar-refractivity contribution is 9.10. The number of halogens is 2. The SMILES string of the molecule is COc1ccc(Br)cc1-c1[nH]nc2nc(Cl)ccc12. The molecule has 96 valence electrons. The third kappa shape index (κ3) is 2.19. The van der Waals surface area contributed by atoms with E-state index in [0.717, 1.165) is 26.9 Å². The largest absolute Gasteiger partial charge is 0.496 e. The molecule has 0 saturated heterocycles. The molecule has 0 aliphatic rings. The molecule has 3 aromatic rings.